The number of hydrogen-bond acceptors (Lipinski definition) is 4. The maximum absolute atomic E-state index is 8.60. The highest BCUT2D eigenvalue weighted by atomic mass is 16.5. The molecule has 0 aromatic carbocycles. The van der Waals surface area contributed by atoms with E-state index >= 15 is 0 Å². The maximum atomic E-state index is 8.60. The van der Waals surface area contributed by atoms with Crippen molar-refractivity contribution < 1.29 is 9.84 Å². The Morgan fingerprint density at radius 2 is 2.06 bits per heavy atom. The van der Waals surface area contributed by atoms with Crippen molar-refractivity contribution in [3.8, 4) is 0 Å². The Balaban J connectivity index is 2.06. The lowest BCUT2D eigenvalue weighted by atomic mass is 9.90. The van der Waals surface area contributed by atoms with Crippen LogP contribution in [0.15, 0.2) is 0 Å². The van der Waals surface area contributed by atoms with Gasteiger partial charge in [-0.25, -0.2) is 0 Å². The Bertz CT molecular complexity index is 194. The van der Waals surface area contributed by atoms with Crippen molar-refractivity contribution in [1.29, 1.82) is 0 Å². The Kier molecular flexibility index (Phi) is 8.59. The molecule has 0 aromatic rings. The lowest BCUT2D eigenvalue weighted by Crippen LogP contribution is -2.43. The molecule has 2 N–H and O–H groups in total. The molecule has 108 valence electrons. The van der Waals surface area contributed by atoms with Gasteiger partial charge in [0, 0.05) is 12.6 Å². The van der Waals surface area contributed by atoms with Crippen LogP contribution in [-0.4, -0.2) is 62.0 Å². The number of piperidine rings is 1. The van der Waals surface area contributed by atoms with E-state index in [1.165, 1.54) is 38.9 Å². The van der Waals surface area contributed by atoms with E-state index in [2.05, 4.69) is 24.1 Å². The number of ether oxygens (including phenoxy) is 1. The molecule has 1 aliphatic rings. The summed E-state index contributed by atoms with van der Waals surface area (Å²) in [6.07, 6.45) is 3.89. The van der Waals surface area contributed by atoms with Gasteiger partial charge in [-0.15, -0.1) is 0 Å². The second-order valence-electron chi connectivity index (χ2n) is 5.26. The summed E-state index contributed by atoms with van der Waals surface area (Å²) in [4.78, 5) is 2.58. The van der Waals surface area contributed by atoms with Gasteiger partial charge in [0.2, 0.25) is 0 Å². The maximum Gasteiger partial charge on any atom is 0.0698 e. The van der Waals surface area contributed by atoms with E-state index in [4.69, 9.17) is 9.84 Å². The van der Waals surface area contributed by atoms with E-state index in [1.807, 2.05) is 0 Å². The zero-order chi connectivity index (χ0) is 13.2. The molecule has 1 aliphatic heterocycles. The zero-order valence-electron chi connectivity index (χ0n) is 12.0. The summed E-state index contributed by atoms with van der Waals surface area (Å²) < 4.78 is 5.25. The van der Waals surface area contributed by atoms with E-state index in [0.717, 1.165) is 12.5 Å². The van der Waals surface area contributed by atoms with E-state index in [1.54, 1.807) is 0 Å². The fourth-order valence-corrected chi connectivity index (χ4v) is 2.68. The molecule has 0 bridgehead atoms. The van der Waals surface area contributed by atoms with Crippen LogP contribution < -0.4 is 5.32 Å². The van der Waals surface area contributed by atoms with Crippen LogP contribution in [0.3, 0.4) is 0 Å². The normalized spacial score (nSPS) is 20.2. The van der Waals surface area contributed by atoms with Crippen molar-refractivity contribution in [2.45, 2.75) is 39.2 Å². The van der Waals surface area contributed by atoms with Gasteiger partial charge in [-0.2, -0.15) is 0 Å². The molecule has 1 heterocycles. The number of hydrogen-bond donors (Lipinski definition) is 2. The van der Waals surface area contributed by atoms with Crippen LogP contribution in [0.5, 0.6) is 0 Å². The van der Waals surface area contributed by atoms with Crippen LogP contribution in [0.1, 0.15) is 33.1 Å². The molecule has 1 unspecified atom stereocenters. The van der Waals surface area contributed by atoms with Gasteiger partial charge in [0.05, 0.1) is 19.8 Å². The number of nitrogens with one attached hydrogen (secondary N) is 1. The topological polar surface area (TPSA) is 44.7 Å². The number of aliphatic hydroxyl groups is 1. The molecule has 0 saturated carbocycles. The minimum Gasteiger partial charge on any atom is -0.394 e. The molecule has 4 heteroatoms. The molecule has 1 saturated heterocycles. The van der Waals surface area contributed by atoms with Crippen molar-refractivity contribution in [3.63, 3.8) is 0 Å². The number of rotatable bonds is 9. The quantitative estimate of drug-likeness (QED) is 0.608. The van der Waals surface area contributed by atoms with Crippen molar-refractivity contribution in [3.05, 3.63) is 0 Å². The van der Waals surface area contributed by atoms with Crippen molar-refractivity contribution >= 4 is 0 Å². The van der Waals surface area contributed by atoms with Crippen LogP contribution in [0, 0.1) is 5.92 Å². The molecule has 4 nitrogen and oxygen atoms in total. The molecule has 0 aromatic heterocycles. The average molecular weight is 258 g/mol. The number of aliphatic hydroxyl groups excluding tert-OH is 1. The summed E-state index contributed by atoms with van der Waals surface area (Å²) in [6, 6.07) is 0.575. The first-order valence-electron chi connectivity index (χ1n) is 7.42. The minimum absolute atomic E-state index is 0.117. The first-order valence-corrected chi connectivity index (χ1v) is 7.42. The summed E-state index contributed by atoms with van der Waals surface area (Å²) in [6.45, 7) is 10.4. The molecule has 0 spiro atoms. The van der Waals surface area contributed by atoms with Crippen LogP contribution in [0.25, 0.3) is 0 Å². The van der Waals surface area contributed by atoms with Crippen molar-refractivity contribution in [1.82, 2.24) is 10.2 Å². The van der Waals surface area contributed by atoms with Gasteiger partial charge in [0.15, 0.2) is 0 Å². The van der Waals surface area contributed by atoms with E-state index in [-0.39, 0.29) is 6.61 Å². The van der Waals surface area contributed by atoms with Gasteiger partial charge in [0.1, 0.15) is 0 Å². The zero-order valence-corrected chi connectivity index (χ0v) is 12.0. The smallest absolute Gasteiger partial charge is 0.0698 e. The predicted octanol–water partition coefficient (Wildman–Crippen LogP) is 1.10. The van der Waals surface area contributed by atoms with Crippen molar-refractivity contribution in [2.75, 3.05) is 46.0 Å². The highest BCUT2D eigenvalue weighted by molar-refractivity contribution is 4.79. The summed E-state index contributed by atoms with van der Waals surface area (Å²) in [5, 5.41) is 12.1. The van der Waals surface area contributed by atoms with Crippen LogP contribution in [0.4, 0.5) is 0 Å². The molecule has 0 radical (unpaired) electrons. The monoisotopic (exact) mass is 258 g/mol. The fourth-order valence-electron chi connectivity index (χ4n) is 2.68. The number of nitrogens with zero attached hydrogens (tertiary/aromatic N) is 1. The standard InChI is InChI=1S/C14H30N2O2/c1-3-7-16-8-4-14(5-9-16)13(2)15-6-11-18-12-10-17/h13-15,17H,3-12H2,1-2H3. The summed E-state index contributed by atoms with van der Waals surface area (Å²) in [5.74, 6) is 0.802. The third-order valence-electron chi connectivity index (χ3n) is 3.83. The molecular formula is C14H30N2O2. The molecule has 0 aliphatic carbocycles. The van der Waals surface area contributed by atoms with E-state index in [0.29, 0.717) is 19.3 Å². The Morgan fingerprint density at radius 1 is 1.33 bits per heavy atom. The molecule has 18 heavy (non-hydrogen) atoms. The predicted molar refractivity (Wildman–Crippen MR) is 74.8 cm³/mol. The van der Waals surface area contributed by atoms with Gasteiger partial charge in [0.25, 0.3) is 0 Å². The highest BCUT2D eigenvalue weighted by Crippen LogP contribution is 2.20. The Hall–Kier alpha value is -0.160. The summed E-state index contributed by atoms with van der Waals surface area (Å²) in [7, 11) is 0. The Morgan fingerprint density at radius 3 is 2.67 bits per heavy atom. The molecule has 1 fully saturated rings. The highest BCUT2D eigenvalue weighted by Gasteiger charge is 2.22. The van der Waals surface area contributed by atoms with E-state index in [9.17, 15) is 0 Å². The van der Waals surface area contributed by atoms with Crippen molar-refractivity contribution in [2.24, 2.45) is 5.92 Å². The fraction of sp³-hybridized carbons (Fsp3) is 1.00. The number of likely N-dealkylation sites (tertiary alicyclic amines) is 1. The lowest BCUT2D eigenvalue weighted by molar-refractivity contribution is 0.0896. The molecule has 1 atom stereocenters. The third-order valence-corrected chi connectivity index (χ3v) is 3.83. The SMILES string of the molecule is CCCN1CCC(C(C)NCCOCCO)CC1. The first kappa shape index (κ1) is 15.9. The van der Waals surface area contributed by atoms with Gasteiger partial charge in [-0.1, -0.05) is 6.92 Å². The van der Waals surface area contributed by atoms with Crippen LogP contribution in [-0.2, 0) is 4.74 Å². The molecule has 0 amide bonds. The lowest BCUT2D eigenvalue weighted by Gasteiger charge is -2.35. The first-order chi connectivity index (χ1) is 8.77. The summed E-state index contributed by atoms with van der Waals surface area (Å²) >= 11 is 0. The van der Waals surface area contributed by atoms with E-state index < -0.39 is 0 Å². The Labute approximate surface area is 112 Å². The van der Waals surface area contributed by atoms with Crippen LogP contribution in [0.2, 0.25) is 0 Å². The third kappa shape index (κ3) is 6.14. The van der Waals surface area contributed by atoms with Gasteiger partial charge in [-0.05, 0) is 51.7 Å². The largest absolute Gasteiger partial charge is 0.394 e. The second-order valence-corrected chi connectivity index (χ2v) is 5.26. The van der Waals surface area contributed by atoms with Gasteiger partial charge >= 0.3 is 0 Å². The van der Waals surface area contributed by atoms with Gasteiger partial charge < -0.3 is 20.1 Å². The average Bonchev–Trinajstić information content (AvgIpc) is 2.39. The molecule has 1 rings (SSSR count). The second kappa shape index (κ2) is 9.73. The minimum atomic E-state index is 0.117. The van der Waals surface area contributed by atoms with Gasteiger partial charge in [-0.3, -0.25) is 0 Å². The summed E-state index contributed by atoms with van der Waals surface area (Å²) in [5.41, 5.74) is 0. The molecular weight excluding hydrogens is 228 g/mol. The van der Waals surface area contributed by atoms with Crippen LogP contribution >= 0.6 is 0 Å².